The van der Waals surface area contributed by atoms with Crippen LogP contribution in [0.3, 0.4) is 0 Å². The zero-order valence-corrected chi connectivity index (χ0v) is 17.6. The number of rotatable bonds is 5. The van der Waals surface area contributed by atoms with Crippen molar-refractivity contribution in [2.75, 3.05) is 0 Å². The van der Waals surface area contributed by atoms with Crippen LogP contribution in [0.2, 0.25) is 0 Å². The van der Waals surface area contributed by atoms with E-state index in [2.05, 4.69) is 5.16 Å². The monoisotopic (exact) mass is 415 g/mol. The van der Waals surface area contributed by atoms with Gasteiger partial charge in [0.1, 0.15) is 10.6 Å². The minimum atomic E-state index is -4.04. The van der Waals surface area contributed by atoms with E-state index < -0.39 is 10.1 Å². The molecule has 30 heavy (non-hydrogen) atoms. The van der Waals surface area contributed by atoms with E-state index >= 15 is 0 Å². The van der Waals surface area contributed by atoms with Crippen LogP contribution in [0.1, 0.15) is 22.3 Å². The lowest BCUT2D eigenvalue weighted by molar-refractivity contribution is 0.339. The summed E-state index contributed by atoms with van der Waals surface area (Å²) < 4.78 is 30.6. The van der Waals surface area contributed by atoms with Crippen molar-refractivity contribution in [1.29, 1.82) is 0 Å². The molecule has 0 saturated heterocycles. The van der Waals surface area contributed by atoms with Crippen LogP contribution in [0, 0.1) is 13.8 Å². The first-order valence-electron chi connectivity index (χ1n) is 9.58. The largest absolute Gasteiger partial charge is 0.358 e. The van der Waals surface area contributed by atoms with Gasteiger partial charge in [-0.1, -0.05) is 89.6 Å². The van der Waals surface area contributed by atoms with Crippen molar-refractivity contribution in [3.63, 3.8) is 0 Å². The van der Waals surface area contributed by atoms with Gasteiger partial charge in [0.25, 0.3) is 0 Å². The molecule has 0 aliphatic carbocycles. The fraction of sp³-hybridized carbons (Fsp3) is 0.0800. The Kier molecular flexibility index (Phi) is 5.38. The van der Waals surface area contributed by atoms with Crippen LogP contribution in [0.4, 0.5) is 0 Å². The highest BCUT2D eigenvalue weighted by molar-refractivity contribution is 7.86. The SMILES string of the molecule is Cc1ccc(S(=O)(=O)O/N=C(\c2ccccc2)c2ccc(C)c3ccccc23)cc1. The summed E-state index contributed by atoms with van der Waals surface area (Å²) in [6.07, 6.45) is 0. The van der Waals surface area contributed by atoms with Crippen molar-refractivity contribution in [3.8, 4) is 0 Å². The van der Waals surface area contributed by atoms with Gasteiger partial charge < -0.3 is 0 Å². The lowest BCUT2D eigenvalue weighted by Crippen LogP contribution is -2.09. The smallest absolute Gasteiger partial charge is 0.264 e. The summed E-state index contributed by atoms with van der Waals surface area (Å²) in [5.74, 6) is 0. The van der Waals surface area contributed by atoms with Gasteiger partial charge in [-0.25, -0.2) is 0 Å². The van der Waals surface area contributed by atoms with Crippen molar-refractivity contribution in [1.82, 2.24) is 0 Å². The molecule has 4 rings (SSSR count). The van der Waals surface area contributed by atoms with Crippen molar-refractivity contribution >= 4 is 26.6 Å². The Bertz CT molecular complexity index is 1330. The first kappa shape index (κ1) is 19.9. The summed E-state index contributed by atoms with van der Waals surface area (Å²) in [7, 11) is -4.04. The third kappa shape index (κ3) is 3.98. The van der Waals surface area contributed by atoms with Crippen molar-refractivity contribution in [2.45, 2.75) is 18.7 Å². The van der Waals surface area contributed by atoms with E-state index in [0.717, 1.165) is 33.0 Å². The molecule has 0 bridgehead atoms. The molecule has 0 atom stereocenters. The quantitative estimate of drug-likeness (QED) is 0.314. The highest BCUT2D eigenvalue weighted by atomic mass is 32.2. The molecule has 4 nitrogen and oxygen atoms in total. The molecular formula is C25H21NO3S. The molecule has 5 heteroatoms. The number of benzene rings is 4. The number of fused-ring (bicyclic) bond motifs is 1. The van der Waals surface area contributed by atoms with Gasteiger partial charge in [-0.3, -0.25) is 4.28 Å². The zero-order chi connectivity index (χ0) is 21.1. The van der Waals surface area contributed by atoms with Crippen LogP contribution in [-0.2, 0) is 14.4 Å². The topological polar surface area (TPSA) is 55.7 Å². The molecular weight excluding hydrogens is 394 g/mol. The summed E-state index contributed by atoms with van der Waals surface area (Å²) >= 11 is 0. The van der Waals surface area contributed by atoms with E-state index in [1.807, 2.05) is 80.6 Å². The Labute approximate surface area is 176 Å². The first-order chi connectivity index (χ1) is 14.5. The fourth-order valence-corrected chi connectivity index (χ4v) is 4.07. The van der Waals surface area contributed by atoms with Gasteiger partial charge in [0.05, 0.1) is 0 Å². The van der Waals surface area contributed by atoms with Gasteiger partial charge in [0.2, 0.25) is 0 Å². The molecule has 0 heterocycles. The average Bonchev–Trinajstić information content (AvgIpc) is 2.76. The number of hydrogen-bond donors (Lipinski definition) is 0. The molecule has 0 spiro atoms. The molecule has 150 valence electrons. The molecule has 0 aliphatic heterocycles. The maximum absolute atomic E-state index is 12.7. The second-order valence-electron chi connectivity index (χ2n) is 7.12. The second-order valence-corrected chi connectivity index (χ2v) is 8.65. The first-order valence-corrected chi connectivity index (χ1v) is 11.0. The number of aryl methyl sites for hydroxylation is 2. The van der Waals surface area contributed by atoms with E-state index in [-0.39, 0.29) is 4.90 Å². The summed E-state index contributed by atoms with van der Waals surface area (Å²) in [5, 5.41) is 6.21. The van der Waals surface area contributed by atoms with Crippen molar-refractivity contribution < 1.29 is 12.7 Å². The third-order valence-corrected chi connectivity index (χ3v) is 6.10. The molecule has 0 saturated carbocycles. The standard InChI is InChI=1S/C25H21NO3S/c1-18-12-15-21(16-13-18)30(27,28)29-26-25(20-8-4-3-5-9-20)24-17-14-19(2)22-10-6-7-11-23(22)24/h3-17H,1-2H3/b26-25+. The van der Waals surface area contributed by atoms with Crippen LogP contribution >= 0.6 is 0 Å². The van der Waals surface area contributed by atoms with Crippen molar-refractivity contribution in [3.05, 3.63) is 113 Å². The Hall–Kier alpha value is -3.44. The summed E-state index contributed by atoms with van der Waals surface area (Å²) in [6, 6.07) is 27.9. The normalized spacial score (nSPS) is 12.1. The van der Waals surface area contributed by atoms with Crippen LogP contribution in [-0.4, -0.2) is 14.1 Å². The fourth-order valence-electron chi connectivity index (χ4n) is 3.34. The number of nitrogens with zero attached hydrogens (tertiary/aromatic N) is 1. The molecule has 4 aromatic carbocycles. The van der Waals surface area contributed by atoms with E-state index in [1.165, 1.54) is 12.1 Å². The number of oxime groups is 1. The lowest BCUT2D eigenvalue weighted by Gasteiger charge is -2.12. The molecule has 4 aromatic rings. The van der Waals surface area contributed by atoms with Crippen molar-refractivity contribution in [2.24, 2.45) is 5.16 Å². The van der Waals surface area contributed by atoms with Crippen LogP contribution in [0.25, 0.3) is 10.8 Å². The van der Waals surface area contributed by atoms with E-state index in [4.69, 9.17) is 4.28 Å². The Morgan fingerprint density at radius 1 is 0.733 bits per heavy atom. The van der Waals surface area contributed by atoms with Gasteiger partial charge in [-0.15, -0.1) is 0 Å². The molecule has 0 aliphatic rings. The van der Waals surface area contributed by atoms with E-state index in [1.54, 1.807) is 12.1 Å². The molecule has 0 radical (unpaired) electrons. The molecule has 0 fully saturated rings. The summed E-state index contributed by atoms with van der Waals surface area (Å²) in [4.78, 5) is 0.0676. The van der Waals surface area contributed by atoms with Gasteiger partial charge in [0.15, 0.2) is 0 Å². The second kappa shape index (κ2) is 8.13. The zero-order valence-electron chi connectivity index (χ0n) is 16.7. The van der Waals surface area contributed by atoms with Gasteiger partial charge in [-0.05, 0) is 42.3 Å². The van der Waals surface area contributed by atoms with Gasteiger partial charge in [-0.2, -0.15) is 8.42 Å². The molecule has 0 unspecified atom stereocenters. The van der Waals surface area contributed by atoms with Crippen LogP contribution in [0.15, 0.2) is 101 Å². The predicted octanol–water partition coefficient (Wildman–Crippen LogP) is 5.61. The van der Waals surface area contributed by atoms with Gasteiger partial charge in [0, 0.05) is 11.1 Å². The average molecular weight is 416 g/mol. The minimum absolute atomic E-state index is 0.0676. The molecule has 0 N–H and O–H groups in total. The predicted molar refractivity (Wildman–Crippen MR) is 120 cm³/mol. The maximum atomic E-state index is 12.7. The Morgan fingerprint density at radius 3 is 2.07 bits per heavy atom. The minimum Gasteiger partial charge on any atom is -0.264 e. The van der Waals surface area contributed by atoms with Gasteiger partial charge >= 0.3 is 10.1 Å². The highest BCUT2D eigenvalue weighted by Crippen LogP contribution is 2.26. The van der Waals surface area contributed by atoms with E-state index in [9.17, 15) is 8.42 Å². The molecule has 0 aromatic heterocycles. The number of hydrogen-bond acceptors (Lipinski definition) is 4. The maximum Gasteiger partial charge on any atom is 0.358 e. The lowest BCUT2D eigenvalue weighted by atomic mass is 9.94. The summed E-state index contributed by atoms with van der Waals surface area (Å²) in [5.41, 5.74) is 4.14. The Balaban J connectivity index is 1.85. The third-order valence-electron chi connectivity index (χ3n) is 4.98. The summed E-state index contributed by atoms with van der Waals surface area (Å²) in [6.45, 7) is 3.94. The highest BCUT2D eigenvalue weighted by Gasteiger charge is 2.18. The Morgan fingerprint density at radius 2 is 1.37 bits per heavy atom. The van der Waals surface area contributed by atoms with Crippen LogP contribution in [0.5, 0.6) is 0 Å². The van der Waals surface area contributed by atoms with E-state index in [0.29, 0.717) is 5.71 Å². The molecule has 0 amide bonds. The van der Waals surface area contributed by atoms with Crippen LogP contribution < -0.4 is 0 Å².